The summed E-state index contributed by atoms with van der Waals surface area (Å²) in [7, 11) is 0. The van der Waals surface area contributed by atoms with Crippen molar-refractivity contribution in [1.29, 1.82) is 5.26 Å². The zero-order valence-corrected chi connectivity index (χ0v) is 14.7. The molecule has 1 atom stereocenters. The molecule has 1 saturated heterocycles. The van der Waals surface area contributed by atoms with Crippen molar-refractivity contribution in [3.8, 4) is 6.07 Å². The first kappa shape index (κ1) is 17.3. The van der Waals surface area contributed by atoms with Gasteiger partial charge in [0.05, 0.1) is 16.5 Å². The minimum Gasteiger partial charge on any atom is -0.324 e. The lowest BCUT2D eigenvalue weighted by molar-refractivity contribution is -0.119. The Balaban J connectivity index is 1.75. The van der Waals surface area contributed by atoms with E-state index in [4.69, 9.17) is 16.9 Å². The van der Waals surface area contributed by atoms with Crippen LogP contribution in [0.5, 0.6) is 0 Å². The molecular weight excluding hydrogens is 358 g/mol. The highest BCUT2D eigenvalue weighted by molar-refractivity contribution is 7.99. The molecule has 1 heterocycles. The van der Waals surface area contributed by atoms with E-state index in [1.165, 1.54) is 17.8 Å². The fourth-order valence-corrected chi connectivity index (χ4v) is 3.83. The van der Waals surface area contributed by atoms with Crippen LogP contribution in [0.2, 0.25) is 5.02 Å². The van der Waals surface area contributed by atoms with Crippen LogP contribution in [0.15, 0.2) is 48.5 Å². The number of hydrogen-bond acceptors (Lipinski definition) is 4. The second-order valence-corrected chi connectivity index (χ2v) is 6.86. The number of nitrogens with zero attached hydrogens (tertiary/aromatic N) is 2. The summed E-state index contributed by atoms with van der Waals surface area (Å²) in [4.78, 5) is 26.8. The molecule has 2 aromatic carbocycles. The highest BCUT2D eigenvalue weighted by Crippen LogP contribution is 2.25. The summed E-state index contributed by atoms with van der Waals surface area (Å²) in [6.45, 7) is 0. The Morgan fingerprint density at radius 2 is 2.00 bits per heavy atom. The zero-order valence-electron chi connectivity index (χ0n) is 13.1. The summed E-state index contributed by atoms with van der Waals surface area (Å²) in [6.07, 6.45) is 0. The summed E-state index contributed by atoms with van der Waals surface area (Å²) < 4.78 is 0. The number of carbonyl (C=O) groups excluding carboxylic acids is 2. The van der Waals surface area contributed by atoms with Gasteiger partial charge in [0, 0.05) is 17.0 Å². The highest BCUT2D eigenvalue weighted by atomic mass is 35.5. The first-order chi connectivity index (χ1) is 12.1. The maximum absolute atomic E-state index is 12.6. The molecule has 0 spiro atoms. The molecule has 0 unspecified atom stereocenters. The SMILES string of the molecule is N#Cc1cc(NC(=O)[C@@H]2CSCN2C(=O)c2ccccc2)ccc1Cl. The molecule has 1 aliphatic heterocycles. The monoisotopic (exact) mass is 371 g/mol. The normalized spacial score (nSPS) is 16.3. The minimum absolute atomic E-state index is 0.167. The van der Waals surface area contributed by atoms with Gasteiger partial charge < -0.3 is 10.2 Å². The van der Waals surface area contributed by atoms with E-state index < -0.39 is 6.04 Å². The van der Waals surface area contributed by atoms with E-state index in [-0.39, 0.29) is 17.4 Å². The third-order valence-electron chi connectivity index (χ3n) is 3.82. The number of thioether (sulfide) groups is 1. The molecule has 2 aromatic rings. The summed E-state index contributed by atoms with van der Waals surface area (Å²) >= 11 is 7.43. The van der Waals surface area contributed by atoms with Gasteiger partial charge in [0.2, 0.25) is 5.91 Å². The van der Waals surface area contributed by atoms with Crippen LogP contribution in [0, 0.1) is 11.3 Å². The fourth-order valence-electron chi connectivity index (χ4n) is 2.52. The van der Waals surface area contributed by atoms with E-state index in [1.54, 1.807) is 41.3 Å². The maximum atomic E-state index is 12.6. The van der Waals surface area contributed by atoms with E-state index in [1.807, 2.05) is 12.1 Å². The standard InChI is InChI=1S/C18H14ClN3O2S/c19-15-7-6-14(8-13(15)9-20)21-17(23)16-10-25-11-22(16)18(24)12-4-2-1-3-5-12/h1-8,16H,10-11H2,(H,21,23)/t16-/m0/s1. The number of anilines is 1. The topological polar surface area (TPSA) is 73.2 Å². The Labute approximate surface area is 154 Å². The van der Waals surface area contributed by atoms with Gasteiger partial charge in [0.1, 0.15) is 12.1 Å². The molecule has 0 radical (unpaired) electrons. The van der Waals surface area contributed by atoms with Gasteiger partial charge in [0.25, 0.3) is 5.91 Å². The van der Waals surface area contributed by atoms with Gasteiger partial charge in [-0.15, -0.1) is 11.8 Å². The van der Waals surface area contributed by atoms with E-state index in [9.17, 15) is 9.59 Å². The van der Waals surface area contributed by atoms with Gasteiger partial charge in [-0.05, 0) is 30.3 Å². The van der Waals surface area contributed by atoms with Crippen molar-refractivity contribution in [2.75, 3.05) is 16.9 Å². The van der Waals surface area contributed by atoms with Gasteiger partial charge in [-0.25, -0.2) is 0 Å². The number of benzene rings is 2. The summed E-state index contributed by atoms with van der Waals surface area (Å²) in [6, 6.07) is 15.0. The molecule has 3 rings (SSSR count). The van der Waals surface area contributed by atoms with E-state index in [2.05, 4.69) is 5.32 Å². The van der Waals surface area contributed by atoms with Crippen LogP contribution in [0.3, 0.4) is 0 Å². The third kappa shape index (κ3) is 3.78. The molecule has 1 N–H and O–H groups in total. The Bertz CT molecular complexity index is 851. The lowest BCUT2D eigenvalue weighted by Crippen LogP contribution is -2.44. The fraction of sp³-hybridized carbons (Fsp3) is 0.167. The second-order valence-electron chi connectivity index (χ2n) is 5.45. The van der Waals surface area contributed by atoms with E-state index >= 15 is 0 Å². The van der Waals surface area contributed by atoms with Crippen molar-refractivity contribution < 1.29 is 9.59 Å². The van der Waals surface area contributed by atoms with Crippen LogP contribution in [0.1, 0.15) is 15.9 Å². The largest absolute Gasteiger partial charge is 0.324 e. The quantitative estimate of drug-likeness (QED) is 0.897. The summed E-state index contributed by atoms with van der Waals surface area (Å²) in [5.41, 5.74) is 1.33. The molecule has 0 saturated carbocycles. The van der Waals surface area contributed by atoms with Crippen molar-refractivity contribution >= 4 is 40.9 Å². The van der Waals surface area contributed by atoms with Crippen molar-refractivity contribution in [2.24, 2.45) is 0 Å². The third-order valence-corrected chi connectivity index (χ3v) is 5.16. The highest BCUT2D eigenvalue weighted by Gasteiger charge is 2.35. The number of hydrogen-bond donors (Lipinski definition) is 1. The summed E-state index contributed by atoms with van der Waals surface area (Å²) in [5.74, 6) is 0.555. The van der Waals surface area contributed by atoms with Crippen molar-refractivity contribution in [1.82, 2.24) is 4.90 Å². The average Bonchev–Trinajstić information content (AvgIpc) is 3.13. The lowest BCUT2D eigenvalue weighted by atomic mass is 10.1. The van der Waals surface area contributed by atoms with Gasteiger partial charge >= 0.3 is 0 Å². The molecule has 5 nitrogen and oxygen atoms in total. The Hall–Kier alpha value is -2.49. The van der Waals surface area contributed by atoms with E-state index in [0.717, 1.165) is 0 Å². The van der Waals surface area contributed by atoms with Crippen LogP contribution < -0.4 is 5.32 Å². The number of nitrogens with one attached hydrogen (secondary N) is 1. The molecule has 7 heteroatoms. The average molecular weight is 372 g/mol. The molecule has 126 valence electrons. The predicted molar refractivity (Wildman–Crippen MR) is 98.5 cm³/mol. The van der Waals surface area contributed by atoms with Gasteiger partial charge in [-0.3, -0.25) is 9.59 Å². The molecule has 1 fully saturated rings. The smallest absolute Gasteiger partial charge is 0.255 e. The van der Waals surface area contributed by atoms with Gasteiger partial charge in [-0.2, -0.15) is 5.26 Å². The van der Waals surface area contributed by atoms with E-state index in [0.29, 0.717) is 27.9 Å². The molecular formula is C18H14ClN3O2S. The van der Waals surface area contributed by atoms with Crippen molar-refractivity contribution in [3.63, 3.8) is 0 Å². The number of halogens is 1. The first-order valence-electron chi connectivity index (χ1n) is 7.54. The number of rotatable bonds is 3. The second kappa shape index (κ2) is 7.60. The minimum atomic E-state index is -0.557. The Morgan fingerprint density at radius 3 is 2.72 bits per heavy atom. The molecule has 25 heavy (non-hydrogen) atoms. The Morgan fingerprint density at radius 1 is 1.24 bits per heavy atom. The molecule has 2 amide bonds. The number of amides is 2. The lowest BCUT2D eigenvalue weighted by Gasteiger charge is -2.23. The van der Waals surface area contributed by atoms with Crippen LogP contribution in [-0.2, 0) is 4.79 Å². The van der Waals surface area contributed by atoms with Gasteiger partial charge in [-0.1, -0.05) is 29.8 Å². The van der Waals surface area contributed by atoms with Crippen LogP contribution in [0.4, 0.5) is 5.69 Å². The van der Waals surface area contributed by atoms with Crippen molar-refractivity contribution in [3.05, 3.63) is 64.7 Å². The number of carbonyl (C=O) groups is 2. The maximum Gasteiger partial charge on any atom is 0.255 e. The van der Waals surface area contributed by atoms with Gasteiger partial charge in [0.15, 0.2) is 0 Å². The first-order valence-corrected chi connectivity index (χ1v) is 9.07. The number of nitriles is 1. The predicted octanol–water partition coefficient (Wildman–Crippen LogP) is 3.37. The van der Waals surface area contributed by atoms with Crippen LogP contribution in [-0.4, -0.2) is 34.4 Å². The zero-order chi connectivity index (χ0) is 17.8. The Kier molecular flexibility index (Phi) is 5.27. The van der Waals surface area contributed by atoms with Crippen LogP contribution in [0.25, 0.3) is 0 Å². The molecule has 0 bridgehead atoms. The van der Waals surface area contributed by atoms with Crippen molar-refractivity contribution in [2.45, 2.75) is 6.04 Å². The molecule has 0 aromatic heterocycles. The molecule has 0 aliphatic carbocycles. The molecule has 1 aliphatic rings. The van der Waals surface area contributed by atoms with Crippen LogP contribution >= 0.6 is 23.4 Å². The summed E-state index contributed by atoms with van der Waals surface area (Å²) in [5, 5.41) is 12.1.